The van der Waals surface area contributed by atoms with Crippen LogP contribution in [0.1, 0.15) is 201 Å². The molecule has 0 aromatic rings. The van der Waals surface area contributed by atoms with Crippen molar-refractivity contribution in [1.29, 1.82) is 0 Å². The Balaban J connectivity index is 3.29. The third kappa shape index (κ3) is 24.3. The minimum absolute atomic E-state index is 0.0419. The molecule has 466 valence electrons. The molecule has 1 heterocycles. The lowest BCUT2D eigenvalue weighted by atomic mass is 9.90. The molecule has 1 saturated heterocycles. The zero-order chi connectivity index (χ0) is 62.4. The Kier molecular flexibility index (Phi) is 30.8. The number of hydrogen-bond donors (Lipinski definition) is 10. The van der Waals surface area contributed by atoms with Gasteiger partial charge >= 0.3 is 0 Å². The van der Waals surface area contributed by atoms with Crippen molar-refractivity contribution in [3.05, 3.63) is 0 Å². The number of nitrogens with zero attached hydrogens (tertiary/aromatic N) is 2. The summed E-state index contributed by atoms with van der Waals surface area (Å²) in [5.74, 6) is -7.84. The number of aliphatic hydroxyl groups excluding tert-OH is 2. The van der Waals surface area contributed by atoms with E-state index in [1.165, 1.54) is 61.8 Å². The predicted molar refractivity (Wildman–Crippen MR) is 313 cm³/mol. The van der Waals surface area contributed by atoms with Crippen molar-refractivity contribution in [2.75, 3.05) is 33.3 Å². The van der Waals surface area contributed by atoms with E-state index in [9.17, 15) is 58.2 Å². The van der Waals surface area contributed by atoms with E-state index in [4.69, 9.17) is 0 Å². The van der Waals surface area contributed by atoms with Crippen molar-refractivity contribution >= 4 is 58.9 Å². The Morgan fingerprint density at radius 1 is 0.605 bits per heavy atom. The number of nitrogens with one attached hydrogen (secondary N) is 8. The lowest BCUT2D eigenvalue weighted by Gasteiger charge is -2.36. The van der Waals surface area contributed by atoms with Crippen LogP contribution in [0.15, 0.2) is 0 Å². The Bertz CT molecular complexity index is 2110. The van der Waals surface area contributed by atoms with Gasteiger partial charge in [-0.15, -0.1) is 0 Å². The number of carbonyl (C=O) groups excluding carboxylic acids is 10. The first-order valence-corrected chi connectivity index (χ1v) is 29.7. The van der Waals surface area contributed by atoms with Crippen molar-refractivity contribution in [3.8, 4) is 0 Å². The molecule has 22 heteroatoms. The number of aliphatic hydroxyl groups is 2. The molecule has 0 radical (unpaired) electrons. The van der Waals surface area contributed by atoms with Gasteiger partial charge in [0.05, 0.1) is 12.7 Å². The van der Waals surface area contributed by atoms with E-state index >= 15 is 0 Å². The second-order valence-corrected chi connectivity index (χ2v) is 25.4. The molecule has 9 unspecified atom stereocenters. The molecule has 22 nitrogen and oxygen atoms in total. The number of hydrogen-bond acceptors (Lipinski definition) is 13. The summed E-state index contributed by atoms with van der Waals surface area (Å²) in [4.78, 5) is 141. The van der Waals surface area contributed by atoms with Crippen LogP contribution in [-0.2, 0) is 47.9 Å². The third-order valence-corrected chi connectivity index (χ3v) is 15.4. The number of amides is 9. The maximum absolute atomic E-state index is 14.4. The highest BCUT2D eigenvalue weighted by molar-refractivity contribution is 6.01. The van der Waals surface area contributed by atoms with Crippen LogP contribution in [0.3, 0.4) is 0 Å². The molecule has 0 saturated carbocycles. The lowest BCUT2D eigenvalue weighted by Crippen LogP contribution is -2.67. The number of unbranched alkanes of at least 4 members (excludes halogenated alkanes) is 5. The molecule has 0 bridgehead atoms. The average Bonchev–Trinajstić information content (AvgIpc) is 3.86. The maximum atomic E-state index is 14.4. The highest BCUT2D eigenvalue weighted by Gasteiger charge is 2.44. The number of Topliss-reactive ketones (excluding diaryl/α,β-unsaturated/α-hetero) is 1. The SMILES string of the molecule is CCCCCCCCC(C)C(=O)N1CCCC1C(=O)NC(C(=O)NC(C)(C)C(=O)NC(C)(C)C(=O)NC(C(=O)NC(C(=O)NC(C)(C)C(=O)NC(C)(C)C(=O)NC(C)CN(C)CCO)C(C)C)C(C)CC)C(C)CC(O)CC(=O)CC. The lowest BCUT2D eigenvalue weighted by molar-refractivity contribution is -0.143. The second kappa shape index (κ2) is 33.8. The monoisotopic (exact) mass is 1150 g/mol. The van der Waals surface area contributed by atoms with Crippen molar-refractivity contribution < 1.29 is 58.2 Å². The van der Waals surface area contributed by atoms with E-state index in [2.05, 4.69) is 49.5 Å². The summed E-state index contributed by atoms with van der Waals surface area (Å²) in [7, 11) is 1.80. The van der Waals surface area contributed by atoms with Crippen LogP contribution in [0.4, 0.5) is 0 Å². The van der Waals surface area contributed by atoms with Crippen molar-refractivity contribution in [2.24, 2.45) is 23.7 Å². The van der Waals surface area contributed by atoms with E-state index < -0.39 is 117 Å². The van der Waals surface area contributed by atoms with Gasteiger partial charge in [-0.05, 0) is 113 Å². The molecule has 0 aromatic carbocycles. The summed E-state index contributed by atoms with van der Waals surface area (Å²) >= 11 is 0. The number of likely N-dealkylation sites (N-methyl/N-ethyl adjacent to an activating group) is 1. The molecule has 1 aliphatic rings. The molecule has 0 aromatic heterocycles. The average molecular weight is 1150 g/mol. The summed E-state index contributed by atoms with van der Waals surface area (Å²) in [5, 5.41) is 42.1. The van der Waals surface area contributed by atoms with Gasteiger partial charge in [-0.1, -0.05) is 100 Å². The molecule has 10 N–H and O–H groups in total. The first-order chi connectivity index (χ1) is 37.4. The Morgan fingerprint density at radius 2 is 1.10 bits per heavy atom. The Morgan fingerprint density at radius 3 is 1.60 bits per heavy atom. The van der Waals surface area contributed by atoms with Gasteiger partial charge in [-0.25, -0.2) is 0 Å². The maximum Gasteiger partial charge on any atom is 0.246 e. The summed E-state index contributed by atoms with van der Waals surface area (Å²) in [6.45, 7) is 28.9. The van der Waals surface area contributed by atoms with Gasteiger partial charge in [0.25, 0.3) is 0 Å². The quantitative estimate of drug-likeness (QED) is 0.0400. The number of rotatable bonds is 37. The van der Waals surface area contributed by atoms with E-state index in [0.29, 0.717) is 45.3 Å². The molecule has 1 aliphatic heterocycles. The normalized spacial score (nSPS) is 17.1. The molecule has 9 amide bonds. The third-order valence-electron chi connectivity index (χ3n) is 15.4. The smallest absolute Gasteiger partial charge is 0.246 e. The molecule has 1 rings (SSSR count). The van der Waals surface area contributed by atoms with Crippen LogP contribution in [0.2, 0.25) is 0 Å². The van der Waals surface area contributed by atoms with Crippen LogP contribution in [0.5, 0.6) is 0 Å². The Hall–Kier alpha value is -5.22. The van der Waals surface area contributed by atoms with Gasteiger partial charge in [0.15, 0.2) is 0 Å². The highest BCUT2D eigenvalue weighted by atomic mass is 16.3. The van der Waals surface area contributed by atoms with Gasteiger partial charge in [0, 0.05) is 44.4 Å². The van der Waals surface area contributed by atoms with Crippen LogP contribution < -0.4 is 42.5 Å². The fourth-order valence-corrected chi connectivity index (χ4v) is 9.57. The Labute approximate surface area is 484 Å². The minimum Gasteiger partial charge on any atom is -0.395 e. The molecule has 9 atom stereocenters. The number of likely N-dealkylation sites (tertiary alicyclic amines) is 1. The van der Waals surface area contributed by atoms with Crippen molar-refractivity contribution in [3.63, 3.8) is 0 Å². The largest absolute Gasteiger partial charge is 0.395 e. The first-order valence-electron chi connectivity index (χ1n) is 29.7. The number of ketones is 1. The summed E-state index contributed by atoms with van der Waals surface area (Å²) in [6.07, 6.45) is 7.42. The van der Waals surface area contributed by atoms with Crippen molar-refractivity contribution in [1.82, 2.24) is 52.3 Å². The fraction of sp³-hybridized carbons (Fsp3) is 0.831. The van der Waals surface area contributed by atoms with E-state index in [1.54, 1.807) is 53.5 Å². The molecule has 0 aliphatic carbocycles. The first kappa shape index (κ1) is 73.8. The minimum atomic E-state index is -1.73. The van der Waals surface area contributed by atoms with Crippen LogP contribution >= 0.6 is 0 Å². The summed E-state index contributed by atoms with van der Waals surface area (Å²) < 4.78 is 0. The topological polar surface area (TPSA) is 314 Å². The van der Waals surface area contributed by atoms with Gasteiger partial charge in [0.1, 0.15) is 52.1 Å². The van der Waals surface area contributed by atoms with Crippen LogP contribution in [-0.4, -0.2) is 171 Å². The van der Waals surface area contributed by atoms with Gasteiger partial charge in [0.2, 0.25) is 53.2 Å². The molecular weight excluding hydrogens is 1040 g/mol. The van der Waals surface area contributed by atoms with E-state index in [1.807, 2.05) is 18.7 Å². The highest BCUT2D eigenvalue weighted by Crippen LogP contribution is 2.25. The van der Waals surface area contributed by atoms with Gasteiger partial charge in [-0.2, -0.15) is 0 Å². The van der Waals surface area contributed by atoms with E-state index in [-0.39, 0.29) is 49.5 Å². The standard InChI is InChI=1S/C59H108N10O12/c1-19-22-23-24-25-26-28-38(7)51(77)69-30-27-29-43(69)47(73)62-46(39(8)33-42(72)34-41(71)21-3)50(76)65-59(16,17)55(81)67-57(12,13)53(79)63-45(37(6)20-2)48(74)61-44(36(4)5)49(75)64-58(14,15)54(80)66-56(10,11)52(78)60-40(9)35-68(18)31-32-70/h36-40,42-46,70,72H,19-35H2,1-18H3,(H,60,78)(H,61,74)(H,62,73)(H,63,79)(H,64,75)(H,65,76)(H,66,80)(H,67,81). The van der Waals surface area contributed by atoms with Crippen LogP contribution in [0, 0.1) is 23.7 Å². The molecule has 1 fully saturated rings. The predicted octanol–water partition coefficient (Wildman–Crippen LogP) is 3.28. The second-order valence-electron chi connectivity index (χ2n) is 25.4. The molecular formula is C59H108N10O12. The van der Waals surface area contributed by atoms with E-state index in [0.717, 1.165) is 32.1 Å². The summed E-state index contributed by atoms with van der Waals surface area (Å²) in [6, 6.07) is -4.89. The molecule has 0 spiro atoms. The number of carbonyl (C=O) groups is 10. The zero-order valence-corrected chi connectivity index (χ0v) is 52.7. The van der Waals surface area contributed by atoms with Crippen molar-refractivity contribution in [2.45, 2.75) is 260 Å². The van der Waals surface area contributed by atoms with Gasteiger partial charge < -0.3 is 62.5 Å². The van der Waals surface area contributed by atoms with Gasteiger partial charge in [-0.3, -0.25) is 47.9 Å². The molecule has 81 heavy (non-hydrogen) atoms. The summed E-state index contributed by atoms with van der Waals surface area (Å²) in [5.41, 5.74) is -6.42. The fourth-order valence-electron chi connectivity index (χ4n) is 9.57. The van der Waals surface area contributed by atoms with Crippen LogP contribution in [0.25, 0.3) is 0 Å². The zero-order valence-electron chi connectivity index (χ0n) is 52.7.